The molecule has 0 aliphatic carbocycles. The molecule has 1 aromatic heterocycles. The first-order valence-corrected chi connectivity index (χ1v) is 4.85. The van der Waals surface area contributed by atoms with Crippen molar-refractivity contribution in [1.82, 2.24) is 20.5 Å². The Bertz CT molecular complexity index is 301. The normalized spacial score (nSPS) is 10.3. The highest BCUT2D eigenvalue weighted by atomic mass is 16.1. The predicted molar refractivity (Wildman–Crippen MR) is 56.2 cm³/mol. The zero-order valence-electron chi connectivity index (χ0n) is 8.90. The lowest BCUT2D eigenvalue weighted by Crippen LogP contribution is -2.27. The topological polar surface area (TPSA) is 79.8 Å². The summed E-state index contributed by atoms with van der Waals surface area (Å²) >= 11 is 0. The fourth-order valence-electron chi connectivity index (χ4n) is 0.966. The maximum Gasteiger partial charge on any atom is 0.249 e. The number of hydrogen-bond acceptors (Lipinski definition) is 5. The molecule has 1 amide bonds. The van der Waals surface area contributed by atoms with Gasteiger partial charge in [0.25, 0.3) is 0 Å². The van der Waals surface area contributed by atoms with Gasteiger partial charge in [-0.3, -0.25) is 10.1 Å². The van der Waals surface area contributed by atoms with Crippen LogP contribution in [-0.4, -0.2) is 33.7 Å². The quantitative estimate of drug-likeness (QED) is 0.724. The zero-order chi connectivity index (χ0) is 11.1. The van der Waals surface area contributed by atoms with Crippen molar-refractivity contribution in [2.24, 2.45) is 0 Å². The molecular formula is C9H15N5O. The average Bonchev–Trinajstić information content (AvgIpc) is 2.18. The third-order valence-electron chi connectivity index (χ3n) is 1.64. The first kappa shape index (κ1) is 11.5. The number of carbonyl (C=O) groups is 1. The summed E-state index contributed by atoms with van der Waals surface area (Å²) in [5.74, 6) is 0.128. The van der Waals surface area contributed by atoms with Gasteiger partial charge in [-0.15, -0.1) is 5.10 Å². The van der Waals surface area contributed by atoms with Crippen molar-refractivity contribution >= 4 is 11.9 Å². The van der Waals surface area contributed by atoms with Gasteiger partial charge in [0.15, 0.2) is 0 Å². The Morgan fingerprint density at radius 3 is 2.87 bits per heavy atom. The Morgan fingerprint density at radius 2 is 2.27 bits per heavy atom. The summed E-state index contributed by atoms with van der Waals surface area (Å²) in [5.41, 5.74) is 0. The van der Waals surface area contributed by atoms with Crippen LogP contribution in [-0.2, 0) is 4.79 Å². The third kappa shape index (κ3) is 5.02. The van der Waals surface area contributed by atoms with Gasteiger partial charge < -0.3 is 5.32 Å². The fourth-order valence-corrected chi connectivity index (χ4v) is 0.966. The van der Waals surface area contributed by atoms with Crippen LogP contribution in [0, 0.1) is 0 Å². The molecule has 6 nitrogen and oxygen atoms in total. The van der Waals surface area contributed by atoms with Crippen LogP contribution in [0.2, 0.25) is 0 Å². The Labute approximate surface area is 88.5 Å². The van der Waals surface area contributed by atoms with Gasteiger partial charge in [0.1, 0.15) is 0 Å². The summed E-state index contributed by atoms with van der Waals surface area (Å²) in [4.78, 5) is 15.2. The van der Waals surface area contributed by atoms with E-state index in [1.54, 1.807) is 0 Å². The summed E-state index contributed by atoms with van der Waals surface area (Å²) in [6, 6.07) is 0.382. The zero-order valence-corrected chi connectivity index (χ0v) is 8.90. The smallest absolute Gasteiger partial charge is 0.249 e. The molecule has 0 atom stereocenters. The van der Waals surface area contributed by atoms with Crippen LogP contribution in [0.5, 0.6) is 0 Å². The van der Waals surface area contributed by atoms with Crippen LogP contribution < -0.4 is 10.6 Å². The number of amides is 1. The van der Waals surface area contributed by atoms with Gasteiger partial charge in [0, 0.05) is 19.0 Å². The second-order valence-corrected chi connectivity index (χ2v) is 3.37. The molecule has 0 radical (unpaired) electrons. The molecule has 0 aliphatic rings. The minimum atomic E-state index is -0.115. The maximum atomic E-state index is 11.3. The summed E-state index contributed by atoms with van der Waals surface area (Å²) in [7, 11) is 0. The minimum absolute atomic E-state index is 0.115. The van der Waals surface area contributed by atoms with E-state index in [9.17, 15) is 4.79 Å². The number of aromatic nitrogens is 3. The number of nitrogens with one attached hydrogen (secondary N) is 2. The van der Waals surface area contributed by atoms with Crippen molar-refractivity contribution in [2.45, 2.75) is 26.3 Å². The third-order valence-corrected chi connectivity index (χ3v) is 1.64. The molecular weight excluding hydrogens is 194 g/mol. The molecule has 0 saturated heterocycles. The van der Waals surface area contributed by atoms with E-state index < -0.39 is 0 Å². The highest BCUT2D eigenvalue weighted by Gasteiger charge is 2.03. The molecule has 15 heavy (non-hydrogen) atoms. The highest BCUT2D eigenvalue weighted by molar-refractivity contribution is 5.88. The van der Waals surface area contributed by atoms with Crippen LogP contribution in [0.15, 0.2) is 12.4 Å². The Kier molecular flexibility index (Phi) is 4.62. The van der Waals surface area contributed by atoms with Crippen LogP contribution in [0.1, 0.15) is 20.3 Å². The molecule has 82 valence electrons. The minimum Gasteiger partial charge on any atom is -0.314 e. The first-order chi connectivity index (χ1) is 7.18. The second kappa shape index (κ2) is 6.02. The van der Waals surface area contributed by atoms with Crippen molar-refractivity contribution in [1.29, 1.82) is 0 Å². The van der Waals surface area contributed by atoms with Crippen molar-refractivity contribution in [2.75, 3.05) is 11.9 Å². The number of hydrogen-bond donors (Lipinski definition) is 2. The molecule has 1 heterocycles. The molecule has 0 spiro atoms. The van der Waals surface area contributed by atoms with Gasteiger partial charge in [-0.1, -0.05) is 13.8 Å². The number of nitrogens with zero attached hydrogens (tertiary/aromatic N) is 3. The van der Waals surface area contributed by atoms with Crippen molar-refractivity contribution in [3.63, 3.8) is 0 Å². The Balaban J connectivity index is 2.25. The van der Waals surface area contributed by atoms with Crippen molar-refractivity contribution < 1.29 is 4.79 Å². The highest BCUT2D eigenvalue weighted by Crippen LogP contribution is 1.93. The lowest BCUT2D eigenvalue weighted by molar-refractivity contribution is -0.116. The molecule has 1 aromatic rings. The molecule has 6 heteroatoms. The van der Waals surface area contributed by atoms with Crippen LogP contribution >= 0.6 is 0 Å². The maximum absolute atomic E-state index is 11.3. The second-order valence-electron chi connectivity index (χ2n) is 3.37. The van der Waals surface area contributed by atoms with E-state index in [1.807, 2.05) is 13.8 Å². The summed E-state index contributed by atoms with van der Waals surface area (Å²) in [6.45, 7) is 4.70. The lowest BCUT2D eigenvalue weighted by Gasteiger charge is -2.07. The van der Waals surface area contributed by atoms with Gasteiger partial charge in [-0.2, -0.15) is 5.10 Å². The van der Waals surface area contributed by atoms with E-state index in [0.717, 1.165) is 0 Å². The van der Waals surface area contributed by atoms with Crippen LogP contribution in [0.25, 0.3) is 0 Å². The lowest BCUT2D eigenvalue weighted by atomic mass is 10.3. The Morgan fingerprint density at radius 1 is 1.47 bits per heavy atom. The monoisotopic (exact) mass is 209 g/mol. The molecule has 0 aliphatic heterocycles. The van der Waals surface area contributed by atoms with Crippen molar-refractivity contribution in [3.05, 3.63) is 12.4 Å². The molecule has 0 unspecified atom stereocenters. The average molecular weight is 209 g/mol. The van der Waals surface area contributed by atoms with Gasteiger partial charge in [0.05, 0.1) is 12.4 Å². The van der Waals surface area contributed by atoms with E-state index in [-0.39, 0.29) is 11.9 Å². The van der Waals surface area contributed by atoms with E-state index in [1.165, 1.54) is 12.4 Å². The predicted octanol–water partition coefficient (Wildman–Crippen LogP) is 0.198. The summed E-state index contributed by atoms with van der Waals surface area (Å²) in [6.07, 6.45) is 3.33. The largest absolute Gasteiger partial charge is 0.314 e. The molecule has 0 aromatic carbocycles. The summed E-state index contributed by atoms with van der Waals surface area (Å²) in [5, 5.41) is 12.9. The first-order valence-electron chi connectivity index (χ1n) is 4.85. The molecule has 2 N–H and O–H groups in total. The van der Waals surface area contributed by atoms with E-state index in [0.29, 0.717) is 19.0 Å². The van der Waals surface area contributed by atoms with E-state index in [4.69, 9.17) is 0 Å². The number of rotatable bonds is 5. The van der Waals surface area contributed by atoms with Gasteiger partial charge in [0.2, 0.25) is 11.9 Å². The standard InChI is InChI=1S/C9H15N5O/c1-7(2)10-4-3-8(15)13-9-11-5-6-12-14-9/h5-7,10H,3-4H2,1-2H3,(H,11,13,14,15). The molecule has 1 rings (SSSR count). The van der Waals surface area contributed by atoms with Crippen LogP contribution in [0.4, 0.5) is 5.95 Å². The van der Waals surface area contributed by atoms with Gasteiger partial charge in [-0.25, -0.2) is 4.98 Å². The summed E-state index contributed by atoms with van der Waals surface area (Å²) < 4.78 is 0. The van der Waals surface area contributed by atoms with Crippen molar-refractivity contribution in [3.8, 4) is 0 Å². The van der Waals surface area contributed by atoms with E-state index in [2.05, 4.69) is 25.8 Å². The van der Waals surface area contributed by atoms with Gasteiger partial charge in [-0.05, 0) is 0 Å². The Hall–Kier alpha value is -1.56. The SMILES string of the molecule is CC(C)NCCC(=O)Nc1nccnn1. The molecule has 0 bridgehead atoms. The van der Waals surface area contributed by atoms with Gasteiger partial charge >= 0.3 is 0 Å². The molecule has 0 saturated carbocycles. The van der Waals surface area contributed by atoms with E-state index >= 15 is 0 Å². The molecule has 0 fully saturated rings. The number of carbonyl (C=O) groups excluding carboxylic acids is 1. The van der Waals surface area contributed by atoms with Crippen LogP contribution in [0.3, 0.4) is 0 Å². The fraction of sp³-hybridized carbons (Fsp3) is 0.556. The number of anilines is 1.